The smallest absolute Gasteiger partial charge is 0.373 e. The van der Waals surface area contributed by atoms with Crippen molar-refractivity contribution in [2.45, 2.75) is 103 Å². The van der Waals surface area contributed by atoms with Crippen LogP contribution in [0.2, 0.25) is 16.6 Å². The van der Waals surface area contributed by atoms with Gasteiger partial charge in [-0.2, -0.15) is 9.59 Å². The van der Waals surface area contributed by atoms with E-state index in [9.17, 15) is 14.4 Å². The summed E-state index contributed by atoms with van der Waals surface area (Å²) in [5.74, 6) is -1.15. The van der Waals surface area contributed by atoms with Gasteiger partial charge in [0.2, 0.25) is 5.89 Å². The summed E-state index contributed by atoms with van der Waals surface area (Å²) in [5.41, 5.74) is 2.13. The van der Waals surface area contributed by atoms with E-state index in [1.165, 1.54) is 13.4 Å². The highest BCUT2D eigenvalue weighted by Gasteiger charge is 2.45. The van der Waals surface area contributed by atoms with Crippen LogP contribution < -0.4 is 0 Å². The fourth-order valence-corrected chi connectivity index (χ4v) is 11.5. The second-order valence-corrected chi connectivity index (χ2v) is 17.5. The molecule has 0 fully saturated rings. The molecule has 13 heteroatoms. The lowest BCUT2D eigenvalue weighted by atomic mass is 9.97. The Morgan fingerprint density at radius 3 is 1.76 bits per heavy atom. The maximum absolute atomic E-state index is 13.6. The molecule has 0 saturated heterocycles. The molecule has 3 aromatic rings. The molecule has 2 atom stereocenters. The number of carbonyl (C=O) groups is 3. The summed E-state index contributed by atoms with van der Waals surface area (Å²) in [4.78, 5) is 68.3. The molecule has 0 amide bonds. The second-order valence-electron chi connectivity index (χ2n) is 12.1. The van der Waals surface area contributed by atoms with Crippen molar-refractivity contribution >= 4 is 32.0 Å². The SMILES string of the molecule is CCC(CC(=O)c1cccc(C(=O)CC(CO[Si](C(C)C)(C(C)C)C(C)C)c2nc(C(=O)OC)co2)n1)c1nc(C)co1.O=C=O. The van der Waals surface area contributed by atoms with Gasteiger partial charge in [0.15, 0.2) is 31.5 Å². The van der Waals surface area contributed by atoms with Gasteiger partial charge >= 0.3 is 12.1 Å². The first kappa shape index (κ1) is 38.1. The average molecular weight is 656 g/mol. The normalized spacial score (nSPS) is 12.8. The van der Waals surface area contributed by atoms with Crippen LogP contribution >= 0.6 is 0 Å². The summed E-state index contributed by atoms with van der Waals surface area (Å²) < 4.78 is 22.8. The third-order valence-electron chi connectivity index (χ3n) is 8.17. The Hall–Kier alpha value is -4.06. The maximum atomic E-state index is 13.6. The van der Waals surface area contributed by atoms with E-state index in [0.29, 0.717) is 28.9 Å². The number of rotatable bonds is 16. The Kier molecular flexibility index (Phi) is 14.6. The third-order valence-corrected chi connectivity index (χ3v) is 14.3. The van der Waals surface area contributed by atoms with Crippen LogP contribution in [0.15, 0.2) is 39.6 Å². The summed E-state index contributed by atoms with van der Waals surface area (Å²) >= 11 is 0. The van der Waals surface area contributed by atoms with Crippen LogP contribution in [0.1, 0.15) is 129 Å². The van der Waals surface area contributed by atoms with Crippen molar-refractivity contribution in [3.05, 3.63) is 65.3 Å². The number of carbonyl (C=O) groups excluding carboxylic acids is 5. The molecule has 3 heterocycles. The lowest BCUT2D eigenvalue weighted by molar-refractivity contribution is -0.191. The van der Waals surface area contributed by atoms with Crippen LogP contribution in [0, 0.1) is 6.92 Å². The van der Waals surface area contributed by atoms with Crippen LogP contribution in [0.4, 0.5) is 0 Å². The minimum Gasteiger partial charge on any atom is -0.464 e. The van der Waals surface area contributed by atoms with Crippen molar-refractivity contribution in [3.8, 4) is 0 Å². The van der Waals surface area contributed by atoms with E-state index >= 15 is 0 Å². The number of pyridine rings is 1. The van der Waals surface area contributed by atoms with E-state index in [0.717, 1.165) is 5.69 Å². The molecule has 0 radical (unpaired) electrons. The number of aromatic nitrogens is 3. The number of aryl methyl sites for hydroxylation is 1. The van der Waals surface area contributed by atoms with Crippen molar-refractivity contribution < 1.29 is 42.0 Å². The van der Waals surface area contributed by atoms with E-state index in [2.05, 4.69) is 56.5 Å². The third kappa shape index (κ3) is 9.48. The number of esters is 1. The standard InChI is InChI=1S/C32H45N3O7Si.CO2/c1-10-23(30-33-22(8)16-40-30)14-28(36)25-12-11-13-26(34-25)29(37)15-24(31-35-27(18-41-31)32(38)39-9)17-42-43(19(2)3,20(4)5)21(6)7;2-1-3/h11-13,16,18-21,23-24H,10,14-15,17H2,1-9H3;. The molecular formula is C33H45N3O9Si. The highest BCUT2D eigenvalue weighted by Crippen LogP contribution is 2.43. The van der Waals surface area contributed by atoms with Crippen molar-refractivity contribution in [3.63, 3.8) is 0 Å². The van der Waals surface area contributed by atoms with E-state index < -0.39 is 20.2 Å². The molecule has 0 bridgehead atoms. The topological polar surface area (TPSA) is 169 Å². The number of methoxy groups -OCH3 is 1. The van der Waals surface area contributed by atoms with E-state index in [4.69, 9.17) is 27.6 Å². The predicted octanol–water partition coefficient (Wildman–Crippen LogP) is 6.88. The number of ketones is 2. The number of ether oxygens (including phenoxy) is 1. The van der Waals surface area contributed by atoms with Gasteiger partial charge in [0.1, 0.15) is 23.9 Å². The Labute approximate surface area is 270 Å². The molecule has 12 nitrogen and oxygen atoms in total. The molecule has 0 aromatic carbocycles. The van der Waals surface area contributed by atoms with Gasteiger partial charge in [-0.05, 0) is 42.1 Å². The van der Waals surface area contributed by atoms with Crippen LogP contribution in [-0.2, 0) is 18.8 Å². The van der Waals surface area contributed by atoms with Crippen LogP contribution in [-0.4, -0.2) is 60.7 Å². The number of oxazole rings is 2. The minimum atomic E-state index is -2.29. The van der Waals surface area contributed by atoms with E-state index in [1.807, 2.05) is 13.8 Å². The Morgan fingerprint density at radius 2 is 1.30 bits per heavy atom. The molecule has 250 valence electrons. The fraction of sp³-hybridized carbons (Fsp3) is 0.545. The van der Waals surface area contributed by atoms with Gasteiger partial charge in [0.25, 0.3) is 0 Å². The van der Waals surface area contributed by atoms with Gasteiger partial charge in [-0.25, -0.2) is 19.7 Å². The zero-order chi connectivity index (χ0) is 34.6. The first-order valence-electron chi connectivity index (χ1n) is 15.4. The van der Waals surface area contributed by atoms with Crippen LogP contribution in [0.3, 0.4) is 0 Å². The summed E-state index contributed by atoms with van der Waals surface area (Å²) in [6, 6.07) is 4.86. The summed E-state index contributed by atoms with van der Waals surface area (Å²) in [6.45, 7) is 17.1. The Bertz CT molecular complexity index is 1470. The van der Waals surface area contributed by atoms with Gasteiger partial charge in [0.05, 0.1) is 18.7 Å². The van der Waals surface area contributed by atoms with E-state index in [1.54, 1.807) is 24.5 Å². The van der Waals surface area contributed by atoms with Gasteiger partial charge in [-0.3, -0.25) is 9.59 Å². The van der Waals surface area contributed by atoms with Crippen molar-refractivity contribution in [1.82, 2.24) is 15.0 Å². The lowest BCUT2D eigenvalue weighted by Gasteiger charge is -2.42. The average Bonchev–Trinajstić information content (AvgIpc) is 3.68. The molecule has 0 aliphatic rings. The summed E-state index contributed by atoms with van der Waals surface area (Å²) in [6.07, 6.45) is 3.85. The molecule has 0 spiro atoms. The maximum Gasteiger partial charge on any atom is 0.373 e. The molecule has 0 N–H and O–H groups in total. The van der Waals surface area contributed by atoms with Crippen LogP contribution in [0.5, 0.6) is 0 Å². The summed E-state index contributed by atoms with van der Waals surface area (Å²) in [7, 11) is -1.02. The minimum absolute atomic E-state index is 0.0208. The van der Waals surface area contributed by atoms with Gasteiger partial charge < -0.3 is 18.0 Å². The fourth-order valence-electron chi connectivity index (χ4n) is 6.00. The molecular weight excluding hydrogens is 610 g/mol. The molecule has 3 rings (SSSR count). The molecule has 0 aliphatic heterocycles. The zero-order valence-electron chi connectivity index (χ0n) is 28.1. The molecule has 0 saturated carbocycles. The molecule has 46 heavy (non-hydrogen) atoms. The number of hydrogen-bond donors (Lipinski definition) is 0. The van der Waals surface area contributed by atoms with Gasteiger partial charge in [-0.1, -0.05) is 54.5 Å². The monoisotopic (exact) mass is 655 g/mol. The molecule has 0 aliphatic carbocycles. The lowest BCUT2D eigenvalue weighted by Crippen LogP contribution is -2.48. The number of nitrogens with zero attached hydrogens (tertiary/aromatic N) is 3. The zero-order valence-corrected chi connectivity index (χ0v) is 29.1. The van der Waals surface area contributed by atoms with E-state index in [-0.39, 0.29) is 66.1 Å². The highest BCUT2D eigenvalue weighted by atomic mass is 28.4. The van der Waals surface area contributed by atoms with Gasteiger partial charge in [-0.15, -0.1) is 0 Å². The quantitative estimate of drug-likeness (QED) is 0.0891. The van der Waals surface area contributed by atoms with Crippen molar-refractivity contribution in [2.24, 2.45) is 0 Å². The number of hydrogen-bond acceptors (Lipinski definition) is 12. The summed E-state index contributed by atoms with van der Waals surface area (Å²) in [5, 5.41) is 0. The van der Waals surface area contributed by atoms with Crippen molar-refractivity contribution in [1.29, 1.82) is 0 Å². The van der Waals surface area contributed by atoms with Crippen LogP contribution in [0.25, 0.3) is 0 Å². The Balaban J connectivity index is 0.00000236. The highest BCUT2D eigenvalue weighted by molar-refractivity contribution is 6.77. The molecule has 2 unspecified atom stereocenters. The van der Waals surface area contributed by atoms with Crippen molar-refractivity contribution in [2.75, 3.05) is 13.7 Å². The Morgan fingerprint density at radius 1 is 0.804 bits per heavy atom. The largest absolute Gasteiger partial charge is 0.464 e. The predicted molar refractivity (Wildman–Crippen MR) is 169 cm³/mol. The van der Waals surface area contributed by atoms with Gasteiger partial charge in [0, 0.05) is 25.4 Å². The first-order chi connectivity index (χ1) is 21.7. The molecule has 3 aromatic heterocycles. The second kappa shape index (κ2) is 17.6. The number of Topliss-reactive ketones (excluding diaryl/α,β-unsaturated/α-hetero) is 2. The first-order valence-corrected chi connectivity index (χ1v) is 17.5.